The van der Waals surface area contributed by atoms with E-state index in [4.69, 9.17) is 4.98 Å². The molecule has 0 aliphatic carbocycles. The molecular weight excluding hydrogens is 537 g/mol. The average molecular weight is 559 g/mol. The number of aromatic nitrogens is 2. The first-order chi connectivity index (χ1) is 20.3. The molecule has 0 N–H and O–H groups in total. The average Bonchev–Trinajstić information content (AvgIpc) is 3.72. The molecule has 9 rings (SSSR count). The lowest BCUT2D eigenvalue weighted by atomic mass is 9.98. The summed E-state index contributed by atoms with van der Waals surface area (Å²) in [4.78, 5) is 5.14. The van der Waals surface area contributed by atoms with Crippen LogP contribution < -0.4 is 0 Å². The monoisotopic (exact) mass is 558 g/mol. The van der Waals surface area contributed by atoms with Crippen molar-refractivity contribution >= 4 is 74.1 Å². The molecule has 0 aliphatic heterocycles. The van der Waals surface area contributed by atoms with Gasteiger partial charge < -0.3 is 0 Å². The number of imidazole rings is 1. The van der Waals surface area contributed by atoms with Gasteiger partial charge in [0, 0.05) is 57.2 Å². The van der Waals surface area contributed by atoms with Crippen LogP contribution in [-0.4, -0.2) is 9.55 Å². The van der Waals surface area contributed by atoms with E-state index in [1.807, 2.05) is 22.7 Å². The van der Waals surface area contributed by atoms with Crippen LogP contribution in [0.3, 0.4) is 0 Å². The predicted molar refractivity (Wildman–Crippen MR) is 178 cm³/mol. The van der Waals surface area contributed by atoms with Gasteiger partial charge in [0.1, 0.15) is 5.82 Å². The maximum absolute atomic E-state index is 5.14. The van der Waals surface area contributed by atoms with E-state index in [9.17, 15) is 0 Å². The van der Waals surface area contributed by atoms with Gasteiger partial charge in [0.15, 0.2) is 0 Å². The summed E-state index contributed by atoms with van der Waals surface area (Å²) in [7, 11) is 0. The number of para-hydroxylation sites is 3. The first-order valence-electron chi connectivity index (χ1n) is 13.7. The third-order valence-electron chi connectivity index (χ3n) is 8.00. The smallest absolute Gasteiger partial charge is 0.145 e. The highest BCUT2D eigenvalue weighted by Gasteiger charge is 2.19. The molecule has 2 nitrogen and oxygen atoms in total. The lowest BCUT2D eigenvalue weighted by Crippen LogP contribution is -1.97. The van der Waals surface area contributed by atoms with E-state index >= 15 is 0 Å². The van der Waals surface area contributed by atoms with Crippen LogP contribution in [0.2, 0.25) is 0 Å². The van der Waals surface area contributed by atoms with Crippen LogP contribution in [-0.2, 0) is 0 Å². The Bertz CT molecular complexity index is 2430. The van der Waals surface area contributed by atoms with Crippen molar-refractivity contribution < 1.29 is 0 Å². The van der Waals surface area contributed by atoms with E-state index in [1.165, 1.54) is 51.5 Å². The first-order valence-corrected chi connectivity index (χ1v) is 15.4. The number of rotatable bonds is 3. The van der Waals surface area contributed by atoms with Crippen LogP contribution in [0.5, 0.6) is 0 Å². The molecule has 0 fully saturated rings. The summed E-state index contributed by atoms with van der Waals surface area (Å²) in [6.45, 7) is 0. The van der Waals surface area contributed by atoms with Gasteiger partial charge >= 0.3 is 0 Å². The number of benzene rings is 6. The molecule has 0 atom stereocenters. The van der Waals surface area contributed by atoms with E-state index in [-0.39, 0.29) is 0 Å². The van der Waals surface area contributed by atoms with Crippen molar-refractivity contribution in [2.24, 2.45) is 0 Å². The molecule has 4 heteroatoms. The highest BCUT2D eigenvalue weighted by atomic mass is 32.1. The zero-order valence-corrected chi connectivity index (χ0v) is 23.5. The molecular formula is C37H22N2S2. The molecule has 41 heavy (non-hydrogen) atoms. The standard InChI is InChI=1S/C37H22N2S2/c1-2-13-25(14-3-1)39-31-18-7-6-17-30(31)38-37(39)24-12-10-11-23(21-24)28-22-29-26-15-4-8-19-32(26)40-36(29)34-27-16-5-9-20-33(27)41-35(28)34/h1-22H. The zero-order valence-electron chi connectivity index (χ0n) is 21.9. The van der Waals surface area contributed by atoms with Gasteiger partial charge in [-0.25, -0.2) is 4.98 Å². The maximum atomic E-state index is 5.14. The van der Waals surface area contributed by atoms with Crippen molar-refractivity contribution in [3.05, 3.63) is 133 Å². The fourth-order valence-corrected chi connectivity index (χ4v) is 8.72. The molecule has 9 aromatic rings. The highest BCUT2D eigenvalue weighted by Crippen LogP contribution is 2.48. The van der Waals surface area contributed by atoms with Crippen molar-refractivity contribution in [1.82, 2.24) is 9.55 Å². The summed E-state index contributed by atoms with van der Waals surface area (Å²) in [6, 6.07) is 47.9. The Morgan fingerprint density at radius 2 is 1.20 bits per heavy atom. The third-order valence-corrected chi connectivity index (χ3v) is 10.4. The van der Waals surface area contributed by atoms with Gasteiger partial charge in [-0.1, -0.05) is 84.9 Å². The van der Waals surface area contributed by atoms with Gasteiger partial charge in [-0.3, -0.25) is 4.57 Å². The van der Waals surface area contributed by atoms with E-state index in [2.05, 4.69) is 138 Å². The minimum absolute atomic E-state index is 0.953. The summed E-state index contributed by atoms with van der Waals surface area (Å²) in [5.41, 5.74) is 6.81. The number of hydrogen-bond donors (Lipinski definition) is 0. The molecule has 0 amide bonds. The van der Waals surface area contributed by atoms with Gasteiger partial charge in [-0.15, -0.1) is 22.7 Å². The summed E-state index contributed by atoms with van der Waals surface area (Å²) >= 11 is 3.81. The Labute approximate surface area is 244 Å². The molecule has 0 saturated heterocycles. The van der Waals surface area contributed by atoms with Crippen LogP contribution in [0.15, 0.2) is 133 Å². The minimum Gasteiger partial charge on any atom is -0.292 e. The van der Waals surface area contributed by atoms with Crippen molar-refractivity contribution in [3.8, 4) is 28.2 Å². The Kier molecular flexibility index (Phi) is 4.97. The SMILES string of the molecule is c1ccc(-n2c(-c3cccc(-c4cc5c6ccccc6sc5c5c4sc4ccccc45)c3)nc3ccccc32)cc1. The van der Waals surface area contributed by atoms with Crippen molar-refractivity contribution in [2.75, 3.05) is 0 Å². The zero-order chi connectivity index (χ0) is 26.9. The molecule has 3 aromatic heterocycles. The fraction of sp³-hybridized carbons (Fsp3) is 0. The highest BCUT2D eigenvalue weighted by molar-refractivity contribution is 7.30. The van der Waals surface area contributed by atoms with E-state index < -0.39 is 0 Å². The maximum Gasteiger partial charge on any atom is 0.145 e. The Morgan fingerprint density at radius 1 is 0.512 bits per heavy atom. The van der Waals surface area contributed by atoms with Crippen LogP contribution in [0.1, 0.15) is 0 Å². The van der Waals surface area contributed by atoms with Gasteiger partial charge in [0.25, 0.3) is 0 Å². The van der Waals surface area contributed by atoms with E-state index in [1.54, 1.807) is 0 Å². The first kappa shape index (κ1) is 23.0. The Morgan fingerprint density at radius 3 is 2.07 bits per heavy atom. The van der Waals surface area contributed by atoms with Gasteiger partial charge in [0.05, 0.1) is 11.0 Å². The Balaban J connectivity index is 1.34. The molecule has 192 valence electrons. The number of fused-ring (bicyclic) bond motifs is 8. The second-order valence-electron chi connectivity index (χ2n) is 10.4. The van der Waals surface area contributed by atoms with Gasteiger partial charge in [-0.05, 0) is 54.1 Å². The topological polar surface area (TPSA) is 17.8 Å². The normalized spacial score (nSPS) is 11.9. The molecule has 0 bridgehead atoms. The molecule has 3 heterocycles. The fourth-order valence-electron chi connectivity index (χ4n) is 6.16. The summed E-state index contributed by atoms with van der Waals surface area (Å²) in [5.74, 6) is 0.953. The van der Waals surface area contributed by atoms with Crippen LogP contribution in [0.25, 0.3) is 79.6 Å². The number of nitrogens with zero attached hydrogens (tertiary/aromatic N) is 2. The van der Waals surface area contributed by atoms with Crippen molar-refractivity contribution in [1.29, 1.82) is 0 Å². The van der Waals surface area contributed by atoms with Crippen molar-refractivity contribution in [3.63, 3.8) is 0 Å². The summed E-state index contributed by atoms with van der Waals surface area (Å²) in [5, 5.41) is 5.38. The molecule has 0 spiro atoms. The molecule has 6 aromatic carbocycles. The quantitative estimate of drug-likeness (QED) is 0.211. The molecule has 0 radical (unpaired) electrons. The molecule has 0 aliphatic rings. The van der Waals surface area contributed by atoms with Crippen molar-refractivity contribution in [2.45, 2.75) is 0 Å². The lowest BCUT2D eigenvalue weighted by Gasteiger charge is -2.11. The number of hydrogen-bond acceptors (Lipinski definition) is 3. The summed E-state index contributed by atoms with van der Waals surface area (Å²) in [6.07, 6.45) is 0. The summed E-state index contributed by atoms with van der Waals surface area (Å²) < 4.78 is 7.67. The lowest BCUT2D eigenvalue weighted by molar-refractivity contribution is 1.10. The Hall–Kier alpha value is -4.77. The largest absolute Gasteiger partial charge is 0.292 e. The molecule has 0 saturated carbocycles. The minimum atomic E-state index is 0.953. The van der Waals surface area contributed by atoms with Crippen LogP contribution in [0, 0.1) is 0 Å². The van der Waals surface area contributed by atoms with E-state index in [0.29, 0.717) is 0 Å². The second kappa shape index (κ2) is 8.87. The van der Waals surface area contributed by atoms with E-state index in [0.717, 1.165) is 28.1 Å². The predicted octanol–water partition coefficient (Wildman–Crippen LogP) is 11.1. The molecule has 0 unspecified atom stereocenters. The second-order valence-corrected chi connectivity index (χ2v) is 12.5. The van der Waals surface area contributed by atoms with Crippen LogP contribution in [0.4, 0.5) is 0 Å². The van der Waals surface area contributed by atoms with Crippen LogP contribution >= 0.6 is 22.7 Å². The van der Waals surface area contributed by atoms with Gasteiger partial charge in [0.2, 0.25) is 0 Å². The van der Waals surface area contributed by atoms with Gasteiger partial charge in [-0.2, -0.15) is 0 Å². The third kappa shape index (κ3) is 3.45. The number of thiophene rings is 2.